The Kier molecular flexibility index (Phi) is 7.33. The second kappa shape index (κ2) is 10.6. The maximum absolute atomic E-state index is 12.5. The van der Waals surface area contributed by atoms with Gasteiger partial charge in [0.2, 0.25) is 11.8 Å². The van der Waals surface area contributed by atoms with E-state index < -0.39 is 0 Å². The molecule has 0 unspecified atom stereocenters. The fourth-order valence-electron chi connectivity index (χ4n) is 3.74. The van der Waals surface area contributed by atoms with Gasteiger partial charge in [-0.1, -0.05) is 24.3 Å². The molecule has 2 amide bonds. The smallest absolute Gasteiger partial charge is 0.224 e. The summed E-state index contributed by atoms with van der Waals surface area (Å²) in [5.41, 5.74) is 1.19. The van der Waals surface area contributed by atoms with Crippen molar-refractivity contribution in [3.05, 3.63) is 52.6 Å². The van der Waals surface area contributed by atoms with Crippen LogP contribution < -0.4 is 10.2 Å². The lowest BCUT2D eigenvalue weighted by atomic mass is 10.2. The van der Waals surface area contributed by atoms with Crippen LogP contribution in [0.15, 0.2) is 47.8 Å². The van der Waals surface area contributed by atoms with E-state index in [0.29, 0.717) is 37.4 Å². The summed E-state index contributed by atoms with van der Waals surface area (Å²) in [6.45, 7) is 3.81. The number of para-hydroxylation sites is 1. The lowest BCUT2D eigenvalue weighted by Gasteiger charge is -2.36. The fourth-order valence-corrected chi connectivity index (χ4v) is 4.69. The zero-order chi connectivity index (χ0) is 22.3. The molecule has 1 aliphatic heterocycles. The van der Waals surface area contributed by atoms with E-state index in [4.69, 9.17) is 12.2 Å². The minimum absolute atomic E-state index is 0.0787. The third-order valence-electron chi connectivity index (χ3n) is 5.48. The first-order chi connectivity index (χ1) is 15.6. The van der Waals surface area contributed by atoms with Crippen molar-refractivity contribution in [1.82, 2.24) is 25.0 Å². The second-order valence-corrected chi connectivity index (χ2v) is 8.87. The number of carbonyl (C=O) groups excluding carboxylic acids is 2. The normalized spacial score (nSPS) is 13.9. The molecule has 0 spiro atoms. The molecule has 1 aliphatic rings. The van der Waals surface area contributed by atoms with Gasteiger partial charge in [-0.25, -0.2) is 0 Å². The summed E-state index contributed by atoms with van der Waals surface area (Å²) in [6.07, 6.45) is 0.582. The Hall–Kier alpha value is -2.98. The highest BCUT2D eigenvalue weighted by atomic mass is 32.1. The Morgan fingerprint density at radius 3 is 2.56 bits per heavy atom. The third-order valence-corrected chi connectivity index (χ3v) is 6.65. The van der Waals surface area contributed by atoms with Crippen LogP contribution in [-0.4, -0.2) is 64.2 Å². The number of thiophene rings is 1. The fraction of sp³-hybridized carbons (Fsp3) is 0.364. The van der Waals surface area contributed by atoms with E-state index in [9.17, 15) is 9.59 Å². The molecule has 2 N–H and O–H groups in total. The van der Waals surface area contributed by atoms with Crippen molar-refractivity contribution in [1.29, 1.82) is 0 Å². The van der Waals surface area contributed by atoms with Crippen molar-refractivity contribution >= 4 is 41.1 Å². The number of amides is 2. The highest BCUT2D eigenvalue weighted by molar-refractivity contribution is 7.71. The number of H-pyrrole nitrogens is 1. The molecule has 1 fully saturated rings. The van der Waals surface area contributed by atoms with Crippen LogP contribution in [0.25, 0.3) is 10.7 Å². The first-order valence-electron chi connectivity index (χ1n) is 10.7. The van der Waals surface area contributed by atoms with Crippen molar-refractivity contribution in [2.45, 2.75) is 19.4 Å². The summed E-state index contributed by atoms with van der Waals surface area (Å²) in [7, 11) is 0. The zero-order valence-electron chi connectivity index (χ0n) is 17.7. The van der Waals surface area contributed by atoms with Crippen LogP contribution in [0.5, 0.6) is 0 Å². The average Bonchev–Trinajstić information content (AvgIpc) is 3.48. The Bertz CT molecular complexity index is 1090. The monoisotopic (exact) mass is 470 g/mol. The molecule has 10 heteroatoms. The molecule has 0 aliphatic carbocycles. The lowest BCUT2D eigenvalue weighted by Crippen LogP contribution is -2.49. The van der Waals surface area contributed by atoms with Gasteiger partial charge in [0.1, 0.15) is 0 Å². The molecule has 8 nitrogen and oxygen atoms in total. The third kappa shape index (κ3) is 5.43. The van der Waals surface area contributed by atoms with Crippen LogP contribution in [-0.2, 0) is 16.1 Å². The molecule has 168 valence electrons. The summed E-state index contributed by atoms with van der Waals surface area (Å²) in [4.78, 5) is 30.0. The van der Waals surface area contributed by atoms with Crippen LogP contribution in [0.4, 0.5) is 5.69 Å². The van der Waals surface area contributed by atoms with Gasteiger partial charge in [-0.3, -0.25) is 19.3 Å². The van der Waals surface area contributed by atoms with E-state index in [0.717, 1.165) is 23.8 Å². The van der Waals surface area contributed by atoms with E-state index in [1.54, 1.807) is 11.3 Å². The molecular formula is C22H26N6O2S2. The number of rotatable bonds is 8. The number of aromatic amines is 1. The van der Waals surface area contributed by atoms with Gasteiger partial charge in [-0.15, -0.1) is 11.3 Å². The largest absolute Gasteiger partial charge is 0.368 e. The Morgan fingerprint density at radius 1 is 1.06 bits per heavy atom. The van der Waals surface area contributed by atoms with Crippen LogP contribution in [0.1, 0.15) is 12.8 Å². The van der Waals surface area contributed by atoms with Crippen molar-refractivity contribution < 1.29 is 9.59 Å². The van der Waals surface area contributed by atoms with Crippen LogP contribution in [0.3, 0.4) is 0 Å². The molecule has 3 aromatic rings. The summed E-state index contributed by atoms with van der Waals surface area (Å²) < 4.78 is 2.32. The van der Waals surface area contributed by atoms with E-state index in [1.807, 2.05) is 45.2 Å². The average molecular weight is 471 g/mol. The number of nitrogens with one attached hydrogen (secondary N) is 2. The highest BCUT2D eigenvalue weighted by Gasteiger charge is 2.21. The molecule has 32 heavy (non-hydrogen) atoms. The first kappa shape index (κ1) is 22.2. The van der Waals surface area contributed by atoms with Crippen molar-refractivity contribution in [2.75, 3.05) is 37.6 Å². The SMILES string of the molecule is O=C(CCn1c(-c2cccs2)n[nH]c1=S)NCCC(=O)N1CCN(c2ccccc2)CC1. The number of carbonyl (C=O) groups is 2. The van der Waals surface area contributed by atoms with Gasteiger partial charge in [0.05, 0.1) is 4.88 Å². The molecular weight excluding hydrogens is 444 g/mol. The number of piperazine rings is 1. The zero-order valence-corrected chi connectivity index (χ0v) is 19.3. The maximum Gasteiger partial charge on any atom is 0.224 e. The quantitative estimate of drug-likeness (QED) is 0.495. The number of benzene rings is 1. The molecule has 0 bridgehead atoms. The van der Waals surface area contributed by atoms with Crippen molar-refractivity contribution in [3.63, 3.8) is 0 Å². The number of nitrogens with zero attached hydrogens (tertiary/aromatic N) is 4. The molecule has 0 radical (unpaired) electrons. The van der Waals surface area contributed by atoms with Crippen LogP contribution in [0, 0.1) is 4.77 Å². The number of hydrogen-bond donors (Lipinski definition) is 2. The van der Waals surface area contributed by atoms with Gasteiger partial charge in [0.15, 0.2) is 10.6 Å². The van der Waals surface area contributed by atoms with Crippen molar-refractivity contribution in [2.24, 2.45) is 0 Å². The van der Waals surface area contributed by atoms with Gasteiger partial charge in [0, 0.05) is 57.8 Å². The van der Waals surface area contributed by atoms with Gasteiger partial charge < -0.3 is 15.1 Å². The van der Waals surface area contributed by atoms with Crippen LogP contribution in [0.2, 0.25) is 0 Å². The van der Waals surface area contributed by atoms with E-state index >= 15 is 0 Å². The Balaban J connectivity index is 1.18. The molecule has 3 heterocycles. The topological polar surface area (TPSA) is 86.3 Å². The summed E-state index contributed by atoms with van der Waals surface area (Å²) in [5.74, 6) is 0.713. The molecule has 1 saturated heterocycles. The first-order valence-corrected chi connectivity index (χ1v) is 11.9. The number of anilines is 1. The predicted molar refractivity (Wildman–Crippen MR) is 128 cm³/mol. The minimum Gasteiger partial charge on any atom is -0.368 e. The molecule has 4 rings (SSSR count). The van der Waals surface area contributed by atoms with Crippen LogP contribution >= 0.6 is 23.6 Å². The predicted octanol–water partition coefficient (Wildman–Crippen LogP) is 2.91. The molecule has 2 aromatic heterocycles. The van der Waals surface area contributed by atoms with E-state index in [-0.39, 0.29) is 18.2 Å². The van der Waals surface area contributed by atoms with E-state index in [1.165, 1.54) is 5.69 Å². The van der Waals surface area contributed by atoms with Crippen molar-refractivity contribution in [3.8, 4) is 10.7 Å². The number of aromatic nitrogens is 3. The maximum atomic E-state index is 12.5. The molecule has 0 saturated carbocycles. The van der Waals surface area contributed by atoms with E-state index in [2.05, 4.69) is 32.5 Å². The second-order valence-electron chi connectivity index (χ2n) is 7.53. The summed E-state index contributed by atoms with van der Waals surface area (Å²) >= 11 is 6.87. The summed E-state index contributed by atoms with van der Waals surface area (Å²) in [6, 6.07) is 14.2. The van der Waals surface area contributed by atoms with Gasteiger partial charge in [-0.05, 0) is 35.8 Å². The Morgan fingerprint density at radius 2 is 1.84 bits per heavy atom. The van der Waals surface area contributed by atoms with Gasteiger partial charge in [-0.2, -0.15) is 5.10 Å². The minimum atomic E-state index is -0.105. The number of hydrogen-bond acceptors (Lipinski definition) is 6. The highest BCUT2D eigenvalue weighted by Crippen LogP contribution is 2.22. The lowest BCUT2D eigenvalue weighted by molar-refractivity contribution is -0.131. The molecule has 0 atom stereocenters. The summed E-state index contributed by atoms with van der Waals surface area (Å²) in [5, 5.41) is 11.9. The Labute approximate surface area is 195 Å². The van der Waals surface area contributed by atoms with Gasteiger partial charge >= 0.3 is 0 Å². The molecule has 1 aromatic carbocycles. The standard InChI is InChI=1S/C22H26N6O2S2/c29-19(9-11-28-21(24-25-22(28)31)18-7-4-16-32-18)23-10-8-20(30)27-14-12-26(13-15-27)17-5-2-1-3-6-17/h1-7,16H,8-15H2,(H,23,29)(H,25,31). The van der Waals surface area contributed by atoms with Gasteiger partial charge in [0.25, 0.3) is 0 Å².